The molecule has 5 heteroatoms. The van der Waals surface area contributed by atoms with Gasteiger partial charge in [-0.3, -0.25) is 0 Å². The number of hydrogen-bond donors (Lipinski definition) is 1. The molecule has 0 bridgehead atoms. The second-order valence-corrected chi connectivity index (χ2v) is 5.54. The van der Waals surface area contributed by atoms with Gasteiger partial charge in [0, 0.05) is 17.5 Å². The van der Waals surface area contributed by atoms with Gasteiger partial charge in [0.05, 0.1) is 0 Å². The highest BCUT2D eigenvalue weighted by Crippen LogP contribution is 2.32. The average molecular weight is 294 g/mol. The van der Waals surface area contributed by atoms with Crippen molar-refractivity contribution in [2.45, 2.75) is 30.7 Å². The van der Waals surface area contributed by atoms with Gasteiger partial charge in [-0.2, -0.15) is 0 Å². The first kappa shape index (κ1) is 14.8. The molecule has 0 aliphatic heterocycles. The summed E-state index contributed by atoms with van der Waals surface area (Å²) >= 11 is 1.21. The summed E-state index contributed by atoms with van der Waals surface area (Å²) in [5.41, 5.74) is 2.19. The lowest BCUT2D eigenvalue weighted by Gasteiger charge is -2.10. The maximum atomic E-state index is 13.8. The third kappa shape index (κ3) is 3.28. The van der Waals surface area contributed by atoms with E-state index in [0.29, 0.717) is 6.54 Å². The first-order valence-electron chi connectivity index (χ1n) is 6.36. The summed E-state index contributed by atoms with van der Waals surface area (Å²) in [6.45, 7) is 6.33. The fourth-order valence-corrected chi connectivity index (χ4v) is 2.69. The predicted octanol–water partition coefficient (Wildman–Crippen LogP) is 4.56. The number of nitrogens with zero attached hydrogens (tertiary/aromatic N) is 1. The molecular formula is C15H16F2N2S. The SMILES string of the molecule is CCNc1nc(Sc2ccc(C)cc2C)c(F)cc1F. The molecule has 0 saturated carbocycles. The Balaban J connectivity index is 2.35. The summed E-state index contributed by atoms with van der Waals surface area (Å²) in [5, 5.41) is 2.96. The van der Waals surface area contributed by atoms with Crippen LogP contribution < -0.4 is 5.32 Å². The first-order chi connectivity index (χ1) is 9.51. The van der Waals surface area contributed by atoms with Crippen molar-refractivity contribution in [2.24, 2.45) is 0 Å². The van der Waals surface area contributed by atoms with E-state index in [9.17, 15) is 8.78 Å². The van der Waals surface area contributed by atoms with Crippen molar-refractivity contribution in [2.75, 3.05) is 11.9 Å². The maximum absolute atomic E-state index is 13.8. The van der Waals surface area contributed by atoms with Crippen molar-refractivity contribution in [3.63, 3.8) is 0 Å². The highest BCUT2D eigenvalue weighted by molar-refractivity contribution is 7.99. The van der Waals surface area contributed by atoms with Crippen molar-refractivity contribution < 1.29 is 8.78 Å². The maximum Gasteiger partial charge on any atom is 0.168 e. The molecule has 0 aliphatic carbocycles. The summed E-state index contributed by atoms with van der Waals surface area (Å²) in [5.74, 6) is -1.23. The van der Waals surface area contributed by atoms with E-state index in [-0.39, 0.29) is 10.8 Å². The number of rotatable bonds is 4. The Morgan fingerprint density at radius 3 is 2.55 bits per heavy atom. The van der Waals surface area contributed by atoms with Crippen LogP contribution >= 0.6 is 11.8 Å². The van der Waals surface area contributed by atoms with Crippen LogP contribution in [-0.2, 0) is 0 Å². The summed E-state index contributed by atoms with van der Waals surface area (Å²) in [6, 6.07) is 6.78. The molecule has 0 aliphatic rings. The van der Waals surface area contributed by atoms with Crippen molar-refractivity contribution in [3.8, 4) is 0 Å². The molecule has 1 aromatic carbocycles. The van der Waals surface area contributed by atoms with E-state index in [1.54, 1.807) is 0 Å². The number of aryl methyl sites for hydroxylation is 2. The zero-order valence-electron chi connectivity index (χ0n) is 11.6. The number of anilines is 1. The Hall–Kier alpha value is -1.62. The van der Waals surface area contributed by atoms with Crippen molar-refractivity contribution in [1.29, 1.82) is 0 Å². The molecule has 0 amide bonds. The first-order valence-corrected chi connectivity index (χ1v) is 7.18. The van der Waals surface area contributed by atoms with Crippen LogP contribution in [0.25, 0.3) is 0 Å². The zero-order valence-corrected chi connectivity index (χ0v) is 12.4. The number of hydrogen-bond acceptors (Lipinski definition) is 3. The minimum absolute atomic E-state index is 0.0844. The highest BCUT2D eigenvalue weighted by Gasteiger charge is 2.13. The lowest BCUT2D eigenvalue weighted by molar-refractivity contribution is 0.551. The van der Waals surface area contributed by atoms with Gasteiger partial charge in [0.15, 0.2) is 17.5 Å². The van der Waals surface area contributed by atoms with Gasteiger partial charge < -0.3 is 5.32 Å². The molecule has 2 rings (SSSR count). The molecule has 0 radical (unpaired) electrons. The molecule has 2 aromatic rings. The number of pyridine rings is 1. The van der Waals surface area contributed by atoms with E-state index >= 15 is 0 Å². The van der Waals surface area contributed by atoms with Crippen LogP contribution in [0.5, 0.6) is 0 Å². The molecule has 0 unspecified atom stereocenters. The Morgan fingerprint density at radius 2 is 1.90 bits per heavy atom. The van der Waals surface area contributed by atoms with Gasteiger partial charge in [-0.1, -0.05) is 29.5 Å². The smallest absolute Gasteiger partial charge is 0.168 e. The molecule has 0 spiro atoms. The van der Waals surface area contributed by atoms with E-state index in [2.05, 4.69) is 10.3 Å². The molecule has 0 atom stereocenters. The van der Waals surface area contributed by atoms with Crippen molar-refractivity contribution in [3.05, 3.63) is 47.0 Å². The second-order valence-electron chi connectivity index (χ2n) is 4.51. The number of nitrogens with one attached hydrogen (secondary N) is 1. The molecule has 0 saturated heterocycles. The van der Waals surface area contributed by atoms with E-state index in [0.717, 1.165) is 22.1 Å². The zero-order chi connectivity index (χ0) is 14.7. The third-order valence-electron chi connectivity index (χ3n) is 2.78. The van der Waals surface area contributed by atoms with Crippen molar-refractivity contribution in [1.82, 2.24) is 4.98 Å². The Kier molecular flexibility index (Phi) is 4.60. The molecular weight excluding hydrogens is 278 g/mol. The van der Waals surface area contributed by atoms with E-state index in [4.69, 9.17) is 0 Å². The third-order valence-corrected chi connectivity index (χ3v) is 3.94. The standard InChI is InChI=1S/C15H16F2N2S/c1-4-18-14-11(16)8-12(17)15(19-14)20-13-6-5-9(2)7-10(13)3/h5-8H,4H2,1-3H3,(H,18,19). The summed E-state index contributed by atoms with van der Waals surface area (Å²) in [7, 11) is 0. The lowest BCUT2D eigenvalue weighted by atomic mass is 10.2. The monoisotopic (exact) mass is 294 g/mol. The van der Waals surface area contributed by atoms with Gasteiger partial charge in [0.2, 0.25) is 0 Å². The van der Waals surface area contributed by atoms with Crippen LogP contribution in [0.4, 0.5) is 14.6 Å². The number of halogens is 2. The van der Waals surface area contributed by atoms with Gasteiger partial charge in [-0.15, -0.1) is 0 Å². The largest absolute Gasteiger partial charge is 0.368 e. The van der Waals surface area contributed by atoms with Crippen LogP contribution in [0.15, 0.2) is 34.2 Å². The molecule has 1 aromatic heterocycles. The molecule has 106 valence electrons. The van der Waals surface area contributed by atoms with Gasteiger partial charge in [-0.05, 0) is 32.4 Å². The molecule has 1 heterocycles. The molecule has 0 fully saturated rings. The van der Waals surface area contributed by atoms with E-state index in [1.807, 2.05) is 39.0 Å². The van der Waals surface area contributed by atoms with E-state index < -0.39 is 11.6 Å². The van der Waals surface area contributed by atoms with E-state index in [1.165, 1.54) is 11.8 Å². The van der Waals surface area contributed by atoms with Crippen LogP contribution in [0, 0.1) is 25.5 Å². The summed E-state index contributed by atoms with van der Waals surface area (Å²) < 4.78 is 27.3. The summed E-state index contributed by atoms with van der Waals surface area (Å²) in [6.07, 6.45) is 0. The topological polar surface area (TPSA) is 24.9 Å². The van der Waals surface area contributed by atoms with Gasteiger partial charge >= 0.3 is 0 Å². The number of benzene rings is 1. The minimum atomic E-state index is -0.672. The normalized spacial score (nSPS) is 10.7. The highest BCUT2D eigenvalue weighted by atomic mass is 32.2. The fraction of sp³-hybridized carbons (Fsp3) is 0.267. The molecule has 2 nitrogen and oxygen atoms in total. The Labute approximate surface area is 121 Å². The molecule has 1 N–H and O–H groups in total. The number of aromatic nitrogens is 1. The quantitative estimate of drug-likeness (QED) is 0.894. The van der Waals surface area contributed by atoms with Crippen LogP contribution in [0.2, 0.25) is 0 Å². The Morgan fingerprint density at radius 1 is 1.15 bits per heavy atom. The van der Waals surface area contributed by atoms with Crippen LogP contribution in [0.1, 0.15) is 18.1 Å². The van der Waals surface area contributed by atoms with Crippen LogP contribution in [0.3, 0.4) is 0 Å². The second kappa shape index (κ2) is 6.22. The average Bonchev–Trinajstić information content (AvgIpc) is 2.38. The van der Waals surface area contributed by atoms with Crippen molar-refractivity contribution >= 4 is 17.6 Å². The minimum Gasteiger partial charge on any atom is -0.368 e. The van der Waals surface area contributed by atoms with Gasteiger partial charge in [0.1, 0.15) is 5.03 Å². The van der Waals surface area contributed by atoms with Gasteiger partial charge in [-0.25, -0.2) is 13.8 Å². The fourth-order valence-electron chi connectivity index (χ4n) is 1.83. The van der Waals surface area contributed by atoms with Gasteiger partial charge in [0.25, 0.3) is 0 Å². The predicted molar refractivity (Wildman–Crippen MR) is 78.4 cm³/mol. The van der Waals surface area contributed by atoms with Crippen LogP contribution in [-0.4, -0.2) is 11.5 Å². The molecule has 20 heavy (non-hydrogen) atoms. The Bertz CT molecular complexity index is 630. The lowest BCUT2D eigenvalue weighted by Crippen LogP contribution is -2.04. The summed E-state index contributed by atoms with van der Waals surface area (Å²) in [4.78, 5) is 4.94.